The summed E-state index contributed by atoms with van der Waals surface area (Å²) in [5.41, 5.74) is 1.23. The first-order valence-electron chi connectivity index (χ1n) is 7.57. The molecule has 126 valence electrons. The van der Waals surface area contributed by atoms with Crippen molar-refractivity contribution < 1.29 is 17.9 Å². The van der Waals surface area contributed by atoms with Crippen LogP contribution in [0.4, 0.5) is 0 Å². The minimum atomic E-state index is -3.59. The number of fused-ring (bicyclic) bond motifs is 1. The second-order valence-electron chi connectivity index (χ2n) is 5.44. The average molecular weight is 346 g/mol. The van der Waals surface area contributed by atoms with Crippen molar-refractivity contribution in [2.75, 3.05) is 13.7 Å². The van der Waals surface area contributed by atoms with Crippen molar-refractivity contribution in [2.45, 2.75) is 17.4 Å². The van der Waals surface area contributed by atoms with E-state index >= 15 is 0 Å². The van der Waals surface area contributed by atoms with Crippen LogP contribution in [0.15, 0.2) is 53.4 Å². The minimum Gasteiger partial charge on any atom is -0.493 e. The Kier molecular flexibility index (Phi) is 4.55. The lowest BCUT2D eigenvalue weighted by Crippen LogP contribution is -2.32. The number of nitrogens with one attached hydrogen (secondary N) is 2. The van der Waals surface area contributed by atoms with Gasteiger partial charge in [-0.2, -0.15) is 0 Å². The van der Waals surface area contributed by atoms with Gasteiger partial charge in [0.1, 0.15) is 5.75 Å². The Bertz CT molecular complexity index is 864. The maximum Gasteiger partial charge on any atom is 0.251 e. The van der Waals surface area contributed by atoms with Gasteiger partial charge in [-0.1, -0.05) is 24.3 Å². The van der Waals surface area contributed by atoms with Crippen molar-refractivity contribution in [1.29, 1.82) is 0 Å². The van der Waals surface area contributed by atoms with E-state index in [1.807, 2.05) is 24.3 Å². The van der Waals surface area contributed by atoms with Gasteiger partial charge in [0.2, 0.25) is 10.0 Å². The fraction of sp³-hybridized carbons (Fsp3) is 0.235. The number of hydrogen-bond donors (Lipinski definition) is 2. The van der Waals surface area contributed by atoms with Crippen LogP contribution in [-0.4, -0.2) is 28.0 Å². The summed E-state index contributed by atoms with van der Waals surface area (Å²) in [5, 5.41) is 2.95. The lowest BCUT2D eigenvalue weighted by atomic mass is 10.00. The van der Waals surface area contributed by atoms with Crippen LogP contribution < -0.4 is 14.8 Å². The number of sulfonamides is 1. The summed E-state index contributed by atoms with van der Waals surface area (Å²) in [4.78, 5) is 12.6. The molecule has 2 aromatic rings. The Morgan fingerprint density at radius 1 is 1.17 bits per heavy atom. The number of para-hydroxylation sites is 1. The quantitative estimate of drug-likeness (QED) is 0.885. The highest BCUT2D eigenvalue weighted by Crippen LogP contribution is 2.31. The number of benzene rings is 2. The van der Waals surface area contributed by atoms with Crippen LogP contribution in [0.1, 0.15) is 28.4 Å². The molecule has 0 spiro atoms. The van der Waals surface area contributed by atoms with E-state index in [4.69, 9.17) is 4.74 Å². The van der Waals surface area contributed by atoms with Crippen molar-refractivity contribution in [3.63, 3.8) is 0 Å². The number of hydrogen-bond acceptors (Lipinski definition) is 4. The van der Waals surface area contributed by atoms with E-state index in [2.05, 4.69) is 10.0 Å². The van der Waals surface area contributed by atoms with Crippen LogP contribution in [0.25, 0.3) is 0 Å². The molecule has 1 aliphatic rings. The Morgan fingerprint density at radius 3 is 2.75 bits per heavy atom. The molecular formula is C17H18N2O4S. The summed E-state index contributed by atoms with van der Waals surface area (Å²) in [6.45, 7) is 0.524. The van der Waals surface area contributed by atoms with Crippen LogP contribution in [-0.2, 0) is 10.0 Å². The van der Waals surface area contributed by atoms with Gasteiger partial charge in [-0.25, -0.2) is 13.1 Å². The fourth-order valence-corrected chi connectivity index (χ4v) is 3.43. The second kappa shape index (κ2) is 6.62. The summed E-state index contributed by atoms with van der Waals surface area (Å²) in [7, 11) is -2.25. The molecule has 0 unspecified atom stereocenters. The van der Waals surface area contributed by atoms with Crippen molar-refractivity contribution in [1.82, 2.24) is 10.0 Å². The molecule has 0 fully saturated rings. The zero-order chi connectivity index (χ0) is 17.2. The number of carbonyl (C=O) groups is 1. The van der Waals surface area contributed by atoms with E-state index in [0.29, 0.717) is 18.6 Å². The first-order valence-corrected chi connectivity index (χ1v) is 9.06. The molecule has 7 heteroatoms. The largest absolute Gasteiger partial charge is 0.493 e. The van der Waals surface area contributed by atoms with Gasteiger partial charge in [-0.05, 0) is 31.3 Å². The van der Waals surface area contributed by atoms with Crippen LogP contribution in [0.3, 0.4) is 0 Å². The Balaban J connectivity index is 1.83. The van der Waals surface area contributed by atoms with E-state index in [1.165, 1.54) is 19.2 Å². The van der Waals surface area contributed by atoms with E-state index in [0.717, 1.165) is 11.3 Å². The average Bonchev–Trinajstić information content (AvgIpc) is 2.62. The first kappa shape index (κ1) is 16.5. The highest BCUT2D eigenvalue weighted by Gasteiger charge is 2.23. The fourth-order valence-electron chi connectivity index (χ4n) is 2.66. The Hall–Kier alpha value is -2.38. The topological polar surface area (TPSA) is 84.5 Å². The van der Waals surface area contributed by atoms with E-state index in [9.17, 15) is 13.2 Å². The molecule has 2 aromatic carbocycles. The number of ether oxygens (including phenoxy) is 1. The van der Waals surface area contributed by atoms with E-state index < -0.39 is 10.0 Å². The predicted molar refractivity (Wildman–Crippen MR) is 89.4 cm³/mol. The van der Waals surface area contributed by atoms with Crippen molar-refractivity contribution in [3.05, 3.63) is 59.7 Å². The molecule has 0 aromatic heterocycles. The standard InChI is InChI=1S/C17H18N2O4S/c1-18-24(21,22)13-6-4-5-12(11-13)17(20)19-15-9-10-23-16-8-3-2-7-14(15)16/h2-8,11,15,18H,9-10H2,1H3,(H,19,20)/t15-/m0/s1. The highest BCUT2D eigenvalue weighted by atomic mass is 32.2. The van der Waals surface area contributed by atoms with Gasteiger partial charge in [-0.15, -0.1) is 0 Å². The van der Waals surface area contributed by atoms with Gasteiger partial charge >= 0.3 is 0 Å². The van der Waals surface area contributed by atoms with E-state index in [1.54, 1.807) is 12.1 Å². The predicted octanol–water partition coefficient (Wildman–Crippen LogP) is 1.85. The molecule has 1 aliphatic heterocycles. The lowest BCUT2D eigenvalue weighted by molar-refractivity contribution is 0.0924. The molecule has 0 bridgehead atoms. The third-order valence-electron chi connectivity index (χ3n) is 3.94. The molecular weight excluding hydrogens is 328 g/mol. The molecule has 0 saturated carbocycles. The molecule has 2 N–H and O–H groups in total. The molecule has 1 heterocycles. The van der Waals surface area contributed by atoms with Crippen molar-refractivity contribution >= 4 is 15.9 Å². The highest BCUT2D eigenvalue weighted by molar-refractivity contribution is 7.89. The smallest absolute Gasteiger partial charge is 0.251 e. The molecule has 1 atom stereocenters. The maximum atomic E-state index is 12.5. The number of amides is 1. The Morgan fingerprint density at radius 2 is 1.96 bits per heavy atom. The summed E-state index contributed by atoms with van der Waals surface area (Å²) in [6.07, 6.45) is 0.664. The molecule has 3 rings (SSSR count). The number of carbonyl (C=O) groups excluding carboxylic acids is 1. The van der Waals surface area contributed by atoms with E-state index in [-0.39, 0.29) is 16.8 Å². The summed E-state index contributed by atoms with van der Waals surface area (Å²) >= 11 is 0. The Labute approximate surface area is 140 Å². The third kappa shape index (κ3) is 3.27. The summed E-state index contributed by atoms with van der Waals surface area (Å²) in [6, 6.07) is 13.4. The van der Waals surface area contributed by atoms with Crippen molar-refractivity contribution in [3.8, 4) is 5.75 Å². The molecule has 0 saturated heterocycles. The minimum absolute atomic E-state index is 0.0602. The maximum absolute atomic E-state index is 12.5. The molecule has 24 heavy (non-hydrogen) atoms. The van der Waals surface area contributed by atoms with Gasteiger partial charge in [0.05, 0.1) is 17.5 Å². The lowest BCUT2D eigenvalue weighted by Gasteiger charge is -2.26. The normalized spacial score (nSPS) is 16.8. The van der Waals surface area contributed by atoms with Crippen LogP contribution >= 0.6 is 0 Å². The summed E-state index contributed by atoms with van der Waals surface area (Å²) in [5.74, 6) is 0.449. The monoisotopic (exact) mass is 346 g/mol. The number of rotatable bonds is 4. The SMILES string of the molecule is CNS(=O)(=O)c1cccc(C(=O)N[C@H]2CCOc3ccccc32)c1. The van der Waals surface area contributed by atoms with Crippen LogP contribution in [0, 0.1) is 0 Å². The zero-order valence-electron chi connectivity index (χ0n) is 13.2. The van der Waals surface area contributed by atoms with Gasteiger partial charge in [0.25, 0.3) is 5.91 Å². The first-order chi connectivity index (χ1) is 11.5. The third-order valence-corrected chi connectivity index (χ3v) is 5.35. The van der Waals surface area contributed by atoms with Gasteiger partial charge in [0, 0.05) is 17.5 Å². The van der Waals surface area contributed by atoms with Gasteiger partial charge in [0.15, 0.2) is 0 Å². The van der Waals surface area contributed by atoms with Gasteiger partial charge in [-0.3, -0.25) is 4.79 Å². The van der Waals surface area contributed by atoms with Crippen LogP contribution in [0.2, 0.25) is 0 Å². The second-order valence-corrected chi connectivity index (χ2v) is 7.32. The molecule has 0 radical (unpaired) electrons. The summed E-state index contributed by atoms with van der Waals surface area (Å²) < 4.78 is 31.6. The molecule has 0 aliphatic carbocycles. The van der Waals surface area contributed by atoms with Crippen LogP contribution in [0.5, 0.6) is 5.75 Å². The molecule has 1 amide bonds. The van der Waals surface area contributed by atoms with Gasteiger partial charge < -0.3 is 10.1 Å². The van der Waals surface area contributed by atoms with Crippen molar-refractivity contribution in [2.24, 2.45) is 0 Å². The zero-order valence-corrected chi connectivity index (χ0v) is 14.0. The molecule has 6 nitrogen and oxygen atoms in total.